The summed E-state index contributed by atoms with van der Waals surface area (Å²) >= 11 is 0. The molecular weight excluding hydrogens is 450 g/mol. The first kappa shape index (κ1) is 30.8. The number of carbonyl (C=O) groups is 6. The molecule has 0 spiro atoms. The van der Waals surface area contributed by atoms with Gasteiger partial charge in [0.15, 0.2) is 0 Å². The van der Waals surface area contributed by atoms with Crippen LogP contribution in [-0.4, -0.2) is 69.9 Å². The standard InChI is InChI=1S/C21H37N5O8/c1-5-10(3)16(23)19(31)26-17(11(4)6-2)20(32)25-13(9-15(28)29)18(30)24-12(21(33)34)7-8-14(22)27/h10-13,16-17H,5-9,23H2,1-4H3,(H2,22,27)(H,24,30)(H,25,32)(H,26,31)(H,28,29)(H,33,34). The topological polar surface area (TPSA) is 231 Å². The van der Waals surface area contributed by atoms with Crippen LogP contribution in [0.4, 0.5) is 0 Å². The second kappa shape index (κ2) is 14.8. The number of primary amides is 1. The number of nitrogens with one attached hydrogen (secondary N) is 3. The third kappa shape index (κ3) is 10.6. The van der Waals surface area contributed by atoms with E-state index in [4.69, 9.17) is 11.5 Å². The minimum Gasteiger partial charge on any atom is -0.481 e. The van der Waals surface area contributed by atoms with Gasteiger partial charge in [0.2, 0.25) is 23.6 Å². The number of carbonyl (C=O) groups excluding carboxylic acids is 4. The third-order valence-electron chi connectivity index (χ3n) is 5.66. The lowest BCUT2D eigenvalue weighted by Crippen LogP contribution is -2.59. The minimum atomic E-state index is -1.63. The van der Waals surface area contributed by atoms with Crippen molar-refractivity contribution in [2.24, 2.45) is 23.3 Å². The molecule has 0 aliphatic carbocycles. The molecule has 0 heterocycles. The van der Waals surface area contributed by atoms with Gasteiger partial charge in [-0.3, -0.25) is 24.0 Å². The largest absolute Gasteiger partial charge is 0.481 e. The minimum absolute atomic E-state index is 0.153. The highest BCUT2D eigenvalue weighted by molar-refractivity contribution is 5.95. The van der Waals surface area contributed by atoms with Crippen LogP contribution in [0.3, 0.4) is 0 Å². The Bertz CT molecular complexity index is 759. The molecule has 0 rings (SSSR count). The van der Waals surface area contributed by atoms with E-state index < -0.39 is 66.2 Å². The summed E-state index contributed by atoms with van der Waals surface area (Å²) < 4.78 is 0. The smallest absolute Gasteiger partial charge is 0.326 e. The molecule has 13 nitrogen and oxygen atoms in total. The average molecular weight is 488 g/mol. The summed E-state index contributed by atoms with van der Waals surface area (Å²) in [7, 11) is 0. The molecule has 0 fully saturated rings. The van der Waals surface area contributed by atoms with Crippen molar-refractivity contribution >= 4 is 35.6 Å². The highest BCUT2D eigenvalue weighted by Crippen LogP contribution is 2.12. The van der Waals surface area contributed by atoms with Gasteiger partial charge in [-0.2, -0.15) is 0 Å². The molecule has 4 amide bonds. The van der Waals surface area contributed by atoms with Crippen molar-refractivity contribution in [1.29, 1.82) is 0 Å². The monoisotopic (exact) mass is 487 g/mol. The van der Waals surface area contributed by atoms with Gasteiger partial charge in [0.05, 0.1) is 12.5 Å². The van der Waals surface area contributed by atoms with E-state index in [1.807, 2.05) is 6.92 Å². The Morgan fingerprint density at radius 3 is 1.76 bits per heavy atom. The first-order valence-corrected chi connectivity index (χ1v) is 11.1. The van der Waals surface area contributed by atoms with E-state index in [1.54, 1.807) is 20.8 Å². The lowest BCUT2D eigenvalue weighted by Gasteiger charge is -2.28. The lowest BCUT2D eigenvalue weighted by molar-refractivity contribution is -0.144. The quantitative estimate of drug-likeness (QED) is 0.137. The van der Waals surface area contributed by atoms with E-state index in [9.17, 15) is 39.0 Å². The van der Waals surface area contributed by atoms with E-state index >= 15 is 0 Å². The van der Waals surface area contributed by atoms with Gasteiger partial charge in [-0.25, -0.2) is 4.79 Å². The second-order valence-electron chi connectivity index (χ2n) is 8.35. The van der Waals surface area contributed by atoms with Crippen LogP contribution in [0.5, 0.6) is 0 Å². The maximum atomic E-state index is 13.0. The van der Waals surface area contributed by atoms with E-state index in [2.05, 4.69) is 16.0 Å². The van der Waals surface area contributed by atoms with Crippen LogP contribution in [0.25, 0.3) is 0 Å². The fourth-order valence-corrected chi connectivity index (χ4v) is 2.93. The molecule has 0 aromatic rings. The van der Waals surface area contributed by atoms with Crippen molar-refractivity contribution in [2.45, 2.75) is 84.0 Å². The van der Waals surface area contributed by atoms with Gasteiger partial charge in [0.25, 0.3) is 0 Å². The third-order valence-corrected chi connectivity index (χ3v) is 5.66. The van der Waals surface area contributed by atoms with Gasteiger partial charge in [0.1, 0.15) is 18.1 Å². The fraction of sp³-hybridized carbons (Fsp3) is 0.714. The molecule has 0 aromatic heterocycles. The van der Waals surface area contributed by atoms with Crippen LogP contribution < -0.4 is 27.4 Å². The summed E-state index contributed by atoms with van der Waals surface area (Å²) in [4.78, 5) is 71.7. The van der Waals surface area contributed by atoms with Crippen molar-refractivity contribution in [3.63, 3.8) is 0 Å². The van der Waals surface area contributed by atoms with Gasteiger partial charge in [-0.05, 0) is 18.3 Å². The molecule has 0 radical (unpaired) electrons. The molecule has 0 saturated heterocycles. The second-order valence-corrected chi connectivity index (χ2v) is 8.35. The van der Waals surface area contributed by atoms with E-state index in [0.717, 1.165) is 0 Å². The highest BCUT2D eigenvalue weighted by Gasteiger charge is 2.34. The number of hydrogen-bond acceptors (Lipinski definition) is 7. The number of nitrogens with two attached hydrogens (primary N) is 2. The first-order chi connectivity index (χ1) is 15.7. The molecule has 0 aromatic carbocycles. The molecule has 6 unspecified atom stereocenters. The Hall–Kier alpha value is -3.22. The van der Waals surface area contributed by atoms with Crippen LogP contribution in [0.15, 0.2) is 0 Å². The molecular formula is C21H37N5O8. The number of carboxylic acid groups (broad SMARTS) is 2. The SMILES string of the molecule is CCC(C)C(N)C(=O)NC(C(=O)NC(CC(=O)O)C(=O)NC(CCC(N)=O)C(=O)O)C(C)CC. The maximum absolute atomic E-state index is 13.0. The molecule has 0 aliphatic rings. The van der Waals surface area contributed by atoms with Gasteiger partial charge in [0, 0.05) is 6.42 Å². The van der Waals surface area contributed by atoms with E-state index in [-0.39, 0.29) is 24.7 Å². The van der Waals surface area contributed by atoms with Crippen LogP contribution in [0.1, 0.15) is 59.8 Å². The summed E-state index contributed by atoms with van der Waals surface area (Å²) in [6.45, 7) is 7.12. The van der Waals surface area contributed by atoms with Crippen LogP contribution in [0, 0.1) is 11.8 Å². The van der Waals surface area contributed by atoms with Gasteiger partial charge in [-0.1, -0.05) is 40.5 Å². The van der Waals surface area contributed by atoms with Crippen molar-refractivity contribution in [2.75, 3.05) is 0 Å². The van der Waals surface area contributed by atoms with Crippen LogP contribution in [0.2, 0.25) is 0 Å². The van der Waals surface area contributed by atoms with Crippen LogP contribution >= 0.6 is 0 Å². The Morgan fingerprint density at radius 2 is 1.32 bits per heavy atom. The highest BCUT2D eigenvalue weighted by atomic mass is 16.4. The number of aliphatic carboxylic acids is 2. The average Bonchev–Trinajstić information content (AvgIpc) is 2.76. The molecule has 0 saturated carbocycles. The molecule has 13 heteroatoms. The number of carboxylic acids is 2. The Balaban J connectivity index is 5.61. The van der Waals surface area contributed by atoms with Gasteiger partial charge >= 0.3 is 11.9 Å². The van der Waals surface area contributed by atoms with E-state index in [1.165, 1.54) is 0 Å². The molecule has 6 atom stereocenters. The zero-order valence-electron chi connectivity index (χ0n) is 20.0. The first-order valence-electron chi connectivity index (χ1n) is 11.1. The summed E-state index contributed by atoms with van der Waals surface area (Å²) in [5.74, 6) is -6.65. The Morgan fingerprint density at radius 1 is 0.794 bits per heavy atom. The number of amides is 4. The fourth-order valence-electron chi connectivity index (χ4n) is 2.93. The number of hydrogen-bond donors (Lipinski definition) is 7. The predicted molar refractivity (Wildman–Crippen MR) is 121 cm³/mol. The van der Waals surface area contributed by atoms with Crippen LogP contribution in [-0.2, 0) is 28.8 Å². The summed E-state index contributed by atoms with van der Waals surface area (Å²) in [5.41, 5.74) is 10.9. The Kier molecular flexibility index (Phi) is 13.4. The van der Waals surface area contributed by atoms with Crippen molar-refractivity contribution in [1.82, 2.24) is 16.0 Å². The summed E-state index contributed by atoms with van der Waals surface area (Å²) in [6.07, 6.45) is -0.376. The molecule has 194 valence electrons. The number of rotatable bonds is 16. The zero-order chi connectivity index (χ0) is 26.6. The maximum Gasteiger partial charge on any atom is 0.326 e. The Labute approximate surface area is 198 Å². The summed E-state index contributed by atoms with van der Waals surface area (Å²) in [6, 6.07) is -5.13. The normalized spacial score (nSPS) is 16.1. The molecule has 0 bridgehead atoms. The molecule has 34 heavy (non-hydrogen) atoms. The predicted octanol–water partition coefficient (Wildman–Crippen LogP) is -1.31. The lowest BCUT2D eigenvalue weighted by atomic mass is 9.95. The molecule has 0 aliphatic heterocycles. The van der Waals surface area contributed by atoms with Crippen molar-refractivity contribution in [3.8, 4) is 0 Å². The summed E-state index contributed by atoms with van der Waals surface area (Å²) in [5, 5.41) is 25.4. The zero-order valence-corrected chi connectivity index (χ0v) is 20.0. The van der Waals surface area contributed by atoms with Gasteiger partial charge in [-0.15, -0.1) is 0 Å². The van der Waals surface area contributed by atoms with Gasteiger partial charge < -0.3 is 37.6 Å². The molecule has 9 N–H and O–H groups in total. The van der Waals surface area contributed by atoms with Crippen molar-refractivity contribution in [3.05, 3.63) is 0 Å². The van der Waals surface area contributed by atoms with Crippen molar-refractivity contribution < 1.29 is 39.0 Å². The van der Waals surface area contributed by atoms with E-state index in [0.29, 0.717) is 12.8 Å².